The number of hydrogen-bond acceptors (Lipinski definition) is 3. The largest absolute Gasteiger partial charge is 0.494 e. The molecule has 0 aliphatic heterocycles. The molecule has 2 aromatic rings. The van der Waals surface area contributed by atoms with E-state index in [1.807, 2.05) is 19.1 Å². The van der Waals surface area contributed by atoms with Crippen LogP contribution in [-0.4, -0.2) is 25.9 Å². The van der Waals surface area contributed by atoms with Gasteiger partial charge in [-0.1, -0.05) is 76.6 Å². The Hall–Kier alpha value is -2.00. The molecule has 0 saturated heterocycles. The summed E-state index contributed by atoms with van der Waals surface area (Å²) in [6, 6.07) is 16.6. The minimum absolute atomic E-state index is 0.0517. The van der Waals surface area contributed by atoms with Gasteiger partial charge in [0.1, 0.15) is 17.6 Å². The van der Waals surface area contributed by atoms with Crippen molar-refractivity contribution in [2.75, 3.05) is 19.8 Å². The normalized spacial score (nSPS) is 12.0. The zero-order chi connectivity index (χ0) is 21.4. The number of ether oxygens (including phenoxy) is 3. The highest BCUT2D eigenvalue weighted by Gasteiger charge is 2.05. The fourth-order valence-electron chi connectivity index (χ4n) is 3.30. The summed E-state index contributed by atoms with van der Waals surface area (Å²) in [4.78, 5) is 0. The van der Waals surface area contributed by atoms with Crippen LogP contribution in [0.3, 0.4) is 0 Å². The predicted octanol–water partition coefficient (Wildman–Crippen LogP) is 7.68. The van der Waals surface area contributed by atoms with Gasteiger partial charge in [-0.2, -0.15) is 0 Å². The van der Waals surface area contributed by atoms with E-state index in [2.05, 4.69) is 50.2 Å². The molecule has 2 rings (SSSR count). The lowest BCUT2D eigenvalue weighted by Crippen LogP contribution is -2.19. The topological polar surface area (TPSA) is 27.7 Å². The van der Waals surface area contributed by atoms with Crippen LogP contribution in [0.25, 0.3) is 11.1 Å². The van der Waals surface area contributed by atoms with Crippen molar-refractivity contribution in [1.82, 2.24) is 0 Å². The SMILES string of the molecule is CCCCCCCCOc1ccc(-c2ccc(O[C@H](C)COCCCC)cc2)cc1. The van der Waals surface area contributed by atoms with Gasteiger partial charge < -0.3 is 14.2 Å². The minimum Gasteiger partial charge on any atom is -0.494 e. The number of hydrogen-bond donors (Lipinski definition) is 0. The summed E-state index contributed by atoms with van der Waals surface area (Å²) in [7, 11) is 0. The van der Waals surface area contributed by atoms with E-state index in [1.165, 1.54) is 43.2 Å². The first-order chi connectivity index (χ1) is 14.7. The van der Waals surface area contributed by atoms with E-state index in [4.69, 9.17) is 14.2 Å². The number of unbranched alkanes of at least 4 members (excludes halogenated alkanes) is 6. The molecule has 0 aliphatic carbocycles. The second-order valence-corrected chi connectivity index (χ2v) is 8.02. The van der Waals surface area contributed by atoms with Crippen molar-refractivity contribution >= 4 is 0 Å². The van der Waals surface area contributed by atoms with Gasteiger partial charge in [0.05, 0.1) is 13.2 Å². The lowest BCUT2D eigenvalue weighted by atomic mass is 10.1. The lowest BCUT2D eigenvalue weighted by molar-refractivity contribution is 0.0572. The third kappa shape index (κ3) is 9.67. The van der Waals surface area contributed by atoms with Gasteiger partial charge in [0.15, 0.2) is 0 Å². The Bertz CT molecular complexity index is 664. The second-order valence-electron chi connectivity index (χ2n) is 8.02. The Labute approximate surface area is 183 Å². The summed E-state index contributed by atoms with van der Waals surface area (Å²) in [6.45, 7) is 8.70. The maximum Gasteiger partial charge on any atom is 0.119 e. The Morgan fingerprint density at radius 2 is 1.20 bits per heavy atom. The molecule has 0 unspecified atom stereocenters. The van der Waals surface area contributed by atoms with Gasteiger partial charge in [-0.15, -0.1) is 0 Å². The molecular formula is C27H40O3. The smallest absolute Gasteiger partial charge is 0.119 e. The van der Waals surface area contributed by atoms with Crippen molar-refractivity contribution in [2.24, 2.45) is 0 Å². The van der Waals surface area contributed by atoms with E-state index >= 15 is 0 Å². The van der Waals surface area contributed by atoms with Gasteiger partial charge in [-0.25, -0.2) is 0 Å². The van der Waals surface area contributed by atoms with Crippen LogP contribution < -0.4 is 9.47 Å². The van der Waals surface area contributed by atoms with Gasteiger partial charge in [0.2, 0.25) is 0 Å². The summed E-state index contributed by atoms with van der Waals surface area (Å²) < 4.78 is 17.5. The molecule has 0 heterocycles. The molecule has 0 aliphatic rings. The first-order valence-corrected chi connectivity index (χ1v) is 11.8. The van der Waals surface area contributed by atoms with Crippen molar-refractivity contribution in [3.63, 3.8) is 0 Å². The van der Waals surface area contributed by atoms with Crippen LogP contribution in [0.5, 0.6) is 11.5 Å². The van der Waals surface area contributed by atoms with Gasteiger partial charge in [0.25, 0.3) is 0 Å². The quantitative estimate of drug-likeness (QED) is 0.265. The number of rotatable bonds is 16. The van der Waals surface area contributed by atoms with Crippen LogP contribution in [0.2, 0.25) is 0 Å². The Morgan fingerprint density at radius 1 is 0.633 bits per heavy atom. The fourth-order valence-corrected chi connectivity index (χ4v) is 3.30. The number of benzene rings is 2. The van der Waals surface area contributed by atoms with Crippen molar-refractivity contribution < 1.29 is 14.2 Å². The zero-order valence-corrected chi connectivity index (χ0v) is 19.2. The van der Waals surface area contributed by atoms with E-state index in [0.717, 1.165) is 44.0 Å². The summed E-state index contributed by atoms with van der Waals surface area (Å²) in [6.07, 6.45) is 10.0. The molecule has 2 aromatic carbocycles. The molecule has 30 heavy (non-hydrogen) atoms. The van der Waals surface area contributed by atoms with Crippen LogP contribution in [0.15, 0.2) is 48.5 Å². The molecule has 0 spiro atoms. The standard InChI is InChI=1S/C27H40O3/c1-4-6-8-9-10-11-21-29-26-16-12-24(13-17-26)25-14-18-27(19-15-25)30-23(3)22-28-20-7-5-2/h12-19,23H,4-11,20-22H2,1-3H3/t23-/m1/s1. The maximum atomic E-state index is 5.95. The summed E-state index contributed by atoms with van der Waals surface area (Å²) in [5.74, 6) is 1.83. The second kappa shape index (κ2) is 14.9. The summed E-state index contributed by atoms with van der Waals surface area (Å²) in [5.41, 5.74) is 2.36. The van der Waals surface area contributed by atoms with Gasteiger partial charge in [-0.3, -0.25) is 0 Å². The molecule has 0 bridgehead atoms. The fraction of sp³-hybridized carbons (Fsp3) is 0.556. The molecule has 0 amide bonds. The zero-order valence-electron chi connectivity index (χ0n) is 19.2. The van der Waals surface area contributed by atoms with Crippen molar-refractivity contribution in [3.05, 3.63) is 48.5 Å². The Balaban J connectivity index is 1.73. The van der Waals surface area contributed by atoms with Crippen LogP contribution in [0, 0.1) is 0 Å². The van der Waals surface area contributed by atoms with Gasteiger partial charge >= 0.3 is 0 Å². The minimum atomic E-state index is 0.0517. The molecular weight excluding hydrogens is 372 g/mol. The third-order valence-corrected chi connectivity index (χ3v) is 5.14. The van der Waals surface area contributed by atoms with E-state index in [-0.39, 0.29) is 6.10 Å². The van der Waals surface area contributed by atoms with Crippen molar-refractivity contribution in [3.8, 4) is 22.6 Å². The van der Waals surface area contributed by atoms with E-state index < -0.39 is 0 Å². The molecule has 0 N–H and O–H groups in total. The third-order valence-electron chi connectivity index (χ3n) is 5.14. The van der Waals surface area contributed by atoms with Crippen molar-refractivity contribution in [1.29, 1.82) is 0 Å². The monoisotopic (exact) mass is 412 g/mol. The van der Waals surface area contributed by atoms with Crippen molar-refractivity contribution in [2.45, 2.75) is 78.2 Å². The molecule has 3 heteroatoms. The van der Waals surface area contributed by atoms with E-state index in [9.17, 15) is 0 Å². The van der Waals surface area contributed by atoms with Crippen LogP contribution in [0.1, 0.15) is 72.1 Å². The average molecular weight is 413 g/mol. The average Bonchev–Trinajstić information content (AvgIpc) is 2.77. The molecule has 1 atom stereocenters. The Morgan fingerprint density at radius 3 is 1.83 bits per heavy atom. The highest BCUT2D eigenvalue weighted by molar-refractivity contribution is 5.64. The van der Waals surface area contributed by atoms with E-state index in [0.29, 0.717) is 6.61 Å². The van der Waals surface area contributed by atoms with Gasteiger partial charge in [-0.05, 0) is 55.2 Å². The highest BCUT2D eigenvalue weighted by Crippen LogP contribution is 2.25. The Kier molecular flexibility index (Phi) is 12.1. The summed E-state index contributed by atoms with van der Waals surface area (Å²) in [5, 5.41) is 0. The summed E-state index contributed by atoms with van der Waals surface area (Å²) >= 11 is 0. The van der Waals surface area contributed by atoms with Crippen LogP contribution >= 0.6 is 0 Å². The molecule has 0 aromatic heterocycles. The molecule has 0 saturated carbocycles. The first-order valence-electron chi connectivity index (χ1n) is 11.8. The van der Waals surface area contributed by atoms with Crippen LogP contribution in [-0.2, 0) is 4.74 Å². The first kappa shape index (κ1) is 24.3. The van der Waals surface area contributed by atoms with E-state index in [1.54, 1.807) is 0 Å². The molecule has 0 fully saturated rings. The molecule has 0 radical (unpaired) electrons. The predicted molar refractivity (Wildman–Crippen MR) is 127 cm³/mol. The molecule has 3 nitrogen and oxygen atoms in total. The highest BCUT2D eigenvalue weighted by atomic mass is 16.5. The maximum absolute atomic E-state index is 5.95. The van der Waals surface area contributed by atoms with Gasteiger partial charge in [0, 0.05) is 6.61 Å². The molecule has 166 valence electrons. The van der Waals surface area contributed by atoms with Crippen LogP contribution in [0.4, 0.5) is 0 Å². The lowest BCUT2D eigenvalue weighted by Gasteiger charge is -2.15.